The number of phenolic OH excluding ortho intramolecular Hbond substituents is 1. The Labute approximate surface area is 129 Å². The van der Waals surface area contributed by atoms with Crippen molar-refractivity contribution in [2.24, 2.45) is 0 Å². The normalized spacial score (nSPS) is 14.5. The summed E-state index contributed by atoms with van der Waals surface area (Å²) in [6.45, 7) is 0. The zero-order valence-corrected chi connectivity index (χ0v) is 12.2. The van der Waals surface area contributed by atoms with Gasteiger partial charge < -0.3 is 10.2 Å². The maximum Gasteiger partial charge on any atom is 0.336 e. The maximum absolute atomic E-state index is 11.5. The highest BCUT2D eigenvalue weighted by Gasteiger charge is 2.12. The first-order valence-corrected chi connectivity index (χ1v) is 7.50. The van der Waals surface area contributed by atoms with Crippen molar-refractivity contribution in [1.82, 2.24) is 0 Å². The van der Waals surface area contributed by atoms with Gasteiger partial charge in [0.25, 0.3) is 0 Å². The molecule has 0 amide bonds. The summed E-state index contributed by atoms with van der Waals surface area (Å²) in [6.07, 6.45) is 6.31. The molecule has 1 aliphatic carbocycles. The molecule has 0 spiro atoms. The summed E-state index contributed by atoms with van der Waals surface area (Å²) < 4.78 is 0. The van der Waals surface area contributed by atoms with Crippen LogP contribution in [0.15, 0.2) is 42.5 Å². The van der Waals surface area contributed by atoms with Gasteiger partial charge in [-0.15, -0.1) is 0 Å². The Balaban J connectivity index is 1.99. The van der Waals surface area contributed by atoms with Gasteiger partial charge in [0.2, 0.25) is 0 Å². The molecule has 2 aromatic rings. The Kier molecular flexibility index (Phi) is 3.96. The number of hydrogen-bond acceptors (Lipinski definition) is 2. The van der Waals surface area contributed by atoms with Gasteiger partial charge in [-0.1, -0.05) is 30.3 Å². The minimum atomic E-state index is -0.969. The largest absolute Gasteiger partial charge is 0.508 e. The zero-order chi connectivity index (χ0) is 15.5. The van der Waals surface area contributed by atoms with Gasteiger partial charge in [-0.2, -0.15) is 0 Å². The van der Waals surface area contributed by atoms with Crippen molar-refractivity contribution in [2.75, 3.05) is 0 Å². The van der Waals surface area contributed by atoms with Gasteiger partial charge in [0.05, 0.1) is 5.57 Å². The van der Waals surface area contributed by atoms with E-state index >= 15 is 0 Å². The number of carboxylic acids is 1. The van der Waals surface area contributed by atoms with E-state index in [1.165, 1.54) is 36.1 Å². The second kappa shape index (κ2) is 6.06. The fourth-order valence-corrected chi connectivity index (χ4v) is 2.92. The summed E-state index contributed by atoms with van der Waals surface area (Å²) in [5.41, 5.74) is 4.44. The molecule has 2 aromatic carbocycles. The molecule has 1 aliphatic rings. The molecular weight excluding hydrogens is 276 g/mol. The van der Waals surface area contributed by atoms with Crippen molar-refractivity contribution in [3.63, 3.8) is 0 Å². The van der Waals surface area contributed by atoms with Gasteiger partial charge in [0, 0.05) is 0 Å². The maximum atomic E-state index is 11.5. The third-order valence-corrected chi connectivity index (χ3v) is 4.09. The monoisotopic (exact) mass is 294 g/mol. The van der Waals surface area contributed by atoms with E-state index in [0.717, 1.165) is 18.4 Å². The van der Waals surface area contributed by atoms with Crippen molar-refractivity contribution < 1.29 is 15.0 Å². The second-order valence-corrected chi connectivity index (χ2v) is 5.65. The number of carbonyl (C=O) groups is 1. The average molecular weight is 294 g/mol. The van der Waals surface area contributed by atoms with Gasteiger partial charge in [-0.25, -0.2) is 4.79 Å². The molecule has 22 heavy (non-hydrogen) atoms. The lowest BCUT2D eigenvalue weighted by atomic mass is 9.90. The van der Waals surface area contributed by atoms with Gasteiger partial charge in [0.15, 0.2) is 0 Å². The van der Waals surface area contributed by atoms with Crippen LogP contribution in [0, 0.1) is 0 Å². The van der Waals surface area contributed by atoms with Crippen LogP contribution in [0.25, 0.3) is 11.6 Å². The van der Waals surface area contributed by atoms with E-state index in [1.54, 1.807) is 18.2 Å². The smallest absolute Gasteiger partial charge is 0.336 e. The first-order valence-electron chi connectivity index (χ1n) is 7.50. The SMILES string of the molecule is O=C(O)/C(=C\c1ccc2c(c1)CCCC2)c1ccc(O)cc1. The first-order chi connectivity index (χ1) is 10.6. The minimum absolute atomic E-state index is 0.127. The van der Waals surface area contributed by atoms with Gasteiger partial charge in [0.1, 0.15) is 5.75 Å². The van der Waals surface area contributed by atoms with E-state index in [9.17, 15) is 15.0 Å². The molecule has 0 aromatic heterocycles. The number of phenols is 1. The lowest BCUT2D eigenvalue weighted by Gasteiger charge is -2.16. The summed E-state index contributed by atoms with van der Waals surface area (Å²) in [5, 5.41) is 18.8. The van der Waals surface area contributed by atoms with Gasteiger partial charge >= 0.3 is 5.97 Å². The fraction of sp³-hybridized carbons (Fsp3) is 0.211. The summed E-state index contributed by atoms with van der Waals surface area (Å²) in [6, 6.07) is 12.4. The van der Waals surface area contributed by atoms with Crippen molar-refractivity contribution >= 4 is 17.6 Å². The van der Waals surface area contributed by atoms with E-state index < -0.39 is 5.97 Å². The van der Waals surface area contributed by atoms with Crippen molar-refractivity contribution in [3.05, 3.63) is 64.7 Å². The highest BCUT2D eigenvalue weighted by molar-refractivity contribution is 6.20. The molecule has 3 nitrogen and oxygen atoms in total. The average Bonchev–Trinajstić information content (AvgIpc) is 2.53. The molecular formula is C19H18O3. The summed E-state index contributed by atoms with van der Waals surface area (Å²) in [7, 11) is 0. The lowest BCUT2D eigenvalue weighted by molar-refractivity contribution is -0.130. The summed E-state index contributed by atoms with van der Waals surface area (Å²) in [5.74, 6) is -0.842. The topological polar surface area (TPSA) is 57.5 Å². The molecule has 2 N–H and O–H groups in total. The predicted molar refractivity (Wildman–Crippen MR) is 86.7 cm³/mol. The number of aryl methyl sites for hydroxylation is 2. The number of carboxylic acid groups (broad SMARTS) is 1. The number of aliphatic carboxylic acids is 1. The molecule has 0 unspecified atom stereocenters. The standard InChI is InChI=1S/C19H18O3/c20-17-9-7-15(8-10-17)18(19(21)22)12-13-5-6-14-3-1-2-4-16(14)11-13/h5-12,20H,1-4H2,(H,21,22)/b18-12-. The van der Waals surface area contributed by atoms with Crippen LogP contribution >= 0.6 is 0 Å². The lowest BCUT2D eigenvalue weighted by Crippen LogP contribution is -2.03. The summed E-state index contributed by atoms with van der Waals surface area (Å²) >= 11 is 0. The molecule has 3 heteroatoms. The Morgan fingerprint density at radius 2 is 1.64 bits per heavy atom. The number of hydrogen-bond donors (Lipinski definition) is 2. The molecule has 0 heterocycles. The van der Waals surface area contributed by atoms with E-state index in [0.29, 0.717) is 5.56 Å². The molecule has 0 atom stereocenters. The van der Waals surface area contributed by atoms with Crippen molar-refractivity contribution in [3.8, 4) is 5.75 Å². The zero-order valence-electron chi connectivity index (χ0n) is 12.2. The van der Waals surface area contributed by atoms with Crippen LogP contribution in [-0.2, 0) is 17.6 Å². The van der Waals surface area contributed by atoms with E-state index in [4.69, 9.17) is 0 Å². The number of fused-ring (bicyclic) bond motifs is 1. The first kappa shape index (κ1) is 14.4. The molecule has 112 valence electrons. The Hall–Kier alpha value is -2.55. The van der Waals surface area contributed by atoms with Crippen LogP contribution < -0.4 is 0 Å². The third-order valence-electron chi connectivity index (χ3n) is 4.09. The summed E-state index contributed by atoms with van der Waals surface area (Å²) in [4.78, 5) is 11.5. The molecule has 0 bridgehead atoms. The molecule has 0 fully saturated rings. The highest BCUT2D eigenvalue weighted by atomic mass is 16.4. The van der Waals surface area contributed by atoms with Crippen LogP contribution in [-0.4, -0.2) is 16.2 Å². The number of aromatic hydroxyl groups is 1. The van der Waals surface area contributed by atoms with Crippen LogP contribution in [0.4, 0.5) is 0 Å². The number of rotatable bonds is 3. The Morgan fingerprint density at radius 3 is 2.32 bits per heavy atom. The third kappa shape index (κ3) is 3.03. The quantitative estimate of drug-likeness (QED) is 0.667. The molecule has 3 rings (SSSR count). The van der Waals surface area contributed by atoms with Crippen LogP contribution in [0.2, 0.25) is 0 Å². The van der Waals surface area contributed by atoms with E-state index in [-0.39, 0.29) is 11.3 Å². The molecule has 0 saturated heterocycles. The molecule has 0 saturated carbocycles. The van der Waals surface area contributed by atoms with E-state index in [2.05, 4.69) is 12.1 Å². The van der Waals surface area contributed by atoms with Crippen LogP contribution in [0.1, 0.15) is 35.1 Å². The van der Waals surface area contributed by atoms with Crippen LogP contribution in [0.3, 0.4) is 0 Å². The molecule has 0 aliphatic heterocycles. The Bertz CT molecular complexity index is 727. The minimum Gasteiger partial charge on any atom is -0.508 e. The predicted octanol–water partition coefficient (Wildman–Crippen LogP) is 3.90. The van der Waals surface area contributed by atoms with Gasteiger partial charge in [-0.05, 0) is 66.1 Å². The number of benzene rings is 2. The highest BCUT2D eigenvalue weighted by Crippen LogP contribution is 2.25. The Morgan fingerprint density at radius 1 is 0.955 bits per heavy atom. The van der Waals surface area contributed by atoms with Crippen molar-refractivity contribution in [2.45, 2.75) is 25.7 Å². The van der Waals surface area contributed by atoms with Crippen molar-refractivity contribution in [1.29, 1.82) is 0 Å². The fourth-order valence-electron chi connectivity index (χ4n) is 2.92. The van der Waals surface area contributed by atoms with Crippen LogP contribution in [0.5, 0.6) is 5.75 Å². The van der Waals surface area contributed by atoms with E-state index in [1.807, 2.05) is 6.07 Å². The second-order valence-electron chi connectivity index (χ2n) is 5.65. The molecule has 0 radical (unpaired) electrons. The van der Waals surface area contributed by atoms with Gasteiger partial charge in [-0.3, -0.25) is 0 Å².